The number of benzene rings is 1. The Labute approximate surface area is 154 Å². The first-order valence-corrected chi connectivity index (χ1v) is 8.49. The number of amides is 1. The van der Waals surface area contributed by atoms with Crippen LogP contribution in [-0.2, 0) is 17.8 Å². The number of phenolic OH excluding ortho intramolecular Hbond substituents is 1. The molecule has 1 aromatic carbocycles. The van der Waals surface area contributed by atoms with Crippen LogP contribution < -0.4 is 10.6 Å². The summed E-state index contributed by atoms with van der Waals surface area (Å²) in [5, 5.41) is 19.9. The fourth-order valence-corrected chi connectivity index (χ4v) is 3.13. The minimum absolute atomic E-state index is 0. The van der Waals surface area contributed by atoms with Crippen molar-refractivity contribution < 1.29 is 9.90 Å². The average molecular weight is 365 g/mol. The number of halogens is 1. The van der Waals surface area contributed by atoms with E-state index < -0.39 is 0 Å². The number of hydrogen-bond acceptors (Lipinski definition) is 4. The second kappa shape index (κ2) is 9.44. The molecule has 0 spiro atoms. The first-order chi connectivity index (χ1) is 11.7. The molecule has 1 aromatic heterocycles. The van der Waals surface area contributed by atoms with Gasteiger partial charge in [0.05, 0.1) is 0 Å². The summed E-state index contributed by atoms with van der Waals surface area (Å²) in [7, 11) is 0. The second-order valence-corrected chi connectivity index (χ2v) is 6.22. The van der Waals surface area contributed by atoms with Crippen LogP contribution in [0.4, 0.5) is 0 Å². The summed E-state index contributed by atoms with van der Waals surface area (Å²) < 4.78 is 1.81. The zero-order valence-corrected chi connectivity index (χ0v) is 15.0. The van der Waals surface area contributed by atoms with Crippen molar-refractivity contribution >= 4 is 18.3 Å². The van der Waals surface area contributed by atoms with Crippen LogP contribution in [0.25, 0.3) is 0 Å². The number of piperidine rings is 1. The maximum absolute atomic E-state index is 12.2. The number of nitrogens with one attached hydrogen (secondary N) is 2. The minimum Gasteiger partial charge on any atom is -0.508 e. The van der Waals surface area contributed by atoms with Gasteiger partial charge in [0.2, 0.25) is 5.91 Å². The number of nitrogens with zero attached hydrogens (tertiary/aromatic N) is 2. The van der Waals surface area contributed by atoms with Gasteiger partial charge in [-0.05, 0) is 49.6 Å². The summed E-state index contributed by atoms with van der Waals surface area (Å²) >= 11 is 0. The molecule has 1 aliphatic heterocycles. The molecule has 0 aliphatic carbocycles. The molecule has 0 radical (unpaired) electrons. The summed E-state index contributed by atoms with van der Waals surface area (Å²) in [5.74, 6) is 0.666. The van der Waals surface area contributed by atoms with Crippen LogP contribution in [0, 0.1) is 0 Å². The third kappa shape index (κ3) is 5.47. The number of hydrogen-bond donors (Lipinski definition) is 3. The summed E-state index contributed by atoms with van der Waals surface area (Å²) in [5.41, 5.74) is 2.22. The van der Waals surface area contributed by atoms with Crippen molar-refractivity contribution in [2.45, 2.75) is 31.7 Å². The van der Waals surface area contributed by atoms with Gasteiger partial charge in [0.1, 0.15) is 12.3 Å². The highest BCUT2D eigenvalue weighted by molar-refractivity contribution is 5.85. The Kier molecular flexibility index (Phi) is 7.28. The Morgan fingerprint density at radius 2 is 2.12 bits per heavy atom. The first-order valence-electron chi connectivity index (χ1n) is 8.49. The molecule has 2 heterocycles. The first kappa shape index (κ1) is 19.3. The monoisotopic (exact) mass is 364 g/mol. The van der Waals surface area contributed by atoms with Crippen molar-refractivity contribution in [1.82, 2.24) is 20.4 Å². The molecular weight excluding hydrogens is 340 g/mol. The zero-order chi connectivity index (χ0) is 16.8. The molecule has 25 heavy (non-hydrogen) atoms. The molecule has 0 bridgehead atoms. The largest absolute Gasteiger partial charge is 0.508 e. The topological polar surface area (TPSA) is 79.2 Å². The van der Waals surface area contributed by atoms with Crippen molar-refractivity contribution in [3.05, 3.63) is 47.8 Å². The van der Waals surface area contributed by atoms with Crippen LogP contribution in [0.15, 0.2) is 36.5 Å². The molecule has 7 heteroatoms. The fourth-order valence-electron chi connectivity index (χ4n) is 3.13. The molecule has 1 atom stereocenters. The van der Waals surface area contributed by atoms with Gasteiger partial charge in [-0.15, -0.1) is 12.4 Å². The molecule has 1 aliphatic rings. The third-order valence-corrected chi connectivity index (χ3v) is 4.43. The number of phenols is 1. The van der Waals surface area contributed by atoms with Gasteiger partial charge in [-0.3, -0.25) is 9.48 Å². The lowest BCUT2D eigenvalue weighted by molar-refractivity contribution is -0.121. The SMILES string of the molecule is Cl.O=C(Cn1nccc1C1CCCNC1)NCCc1ccc(O)cc1. The van der Waals surface area contributed by atoms with Gasteiger partial charge in [-0.2, -0.15) is 5.10 Å². The van der Waals surface area contributed by atoms with Gasteiger partial charge in [0.25, 0.3) is 0 Å². The molecule has 1 fully saturated rings. The van der Waals surface area contributed by atoms with E-state index in [0.717, 1.165) is 43.6 Å². The Morgan fingerprint density at radius 3 is 2.84 bits per heavy atom. The molecular formula is C18H25ClN4O2. The maximum atomic E-state index is 12.2. The third-order valence-electron chi connectivity index (χ3n) is 4.43. The Bertz CT molecular complexity index is 666. The average Bonchev–Trinajstić information content (AvgIpc) is 3.05. The molecule has 6 nitrogen and oxygen atoms in total. The van der Waals surface area contributed by atoms with Crippen molar-refractivity contribution in [1.29, 1.82) is 0 Å². The fraction of sp³-hybridized carbons (Fsp3) is 0.444. The van der Waals surface area contributed by atoms with Gasteiger partial charge >= 0.3 is 0 Å². The van der Waals surface area contributed by atoms with E-state index in [2.05, 4.69) is 15.7 Å². The van der Waals surface area contributed by atoms with Crippen molar-refractivity contribution in [2.75, 3.05) is 19.6 Å². The van der Waals surface area contributed by atoms with E-state index in [-0.39, 0.29) is 30.6 Å². The number of rotatable bonds is 6. The summed E-state index contributed by atoms with van der Waals surface area (Å²) in [6.45, 7) is 2.86. The molecule has 1 amide bonds. The maximum Gasteiger partial charge on any atom is 0.241 e. The molecule has 1 saturated heterocycles. The van der Waals surface area contributed by atoms with E-state index in [0.29, 0.717) is 12.5 Å². The zero-order valence-electron chi connectivity index (χ0n) is 14.1. The van der Waals surface area contributed by atoms with E-state index in [1.54, 1.807) is 18.3 Å². The molecule has 2 aromatic rings. The van der Waals surface area contributed by atoms with Crippen LogP contribution in [0.1, 0.15) is 30.0 Å². The summed E-state index contributed by atoms with van der Waals surface area (Å²) in [6, 6.07) is 9.06. The van der Waals surface area contributed by atoms with E-state index in [1.165, 1.54) is 0 Å². The molecule has 0 saturated carbocycles. The normalized spacial score (nSPS) is 16.9. The van der Waals surface area contributed by atoms with Crippen molar-refractivity contribution in [2.24, 2.45) is 0 Å². The number of carbonyl (C=O) groups is 1. The highest BCUT2D eigenvalue weighted by Gasteiger charge is 2.19. The Hall–Kier alpha value is -2.05. The van der Waals surface area contributed by atoms with Gasteiger partial charge in [0, 0.05) is 30.9 Å². The van der Waals surface area contributed by atoms with Crippen molar-refractivity contribution in [3.8, 4) is 5.75 Å². The molecule has 136 valence electrons. The van der Waals surface area contributed by atoms with Gasteiger partial charge in [0.15, 0.2) is 0 Å². The quantitative estimate of drug-likeness (QED) is 0.730. The van der Waals surface area contributed by atoms with Crippen molar-refractivity contribution in [3.63, 3.8) is 0 Å². The lowest BCUT2D eigenvalue weighted by Gasteiger charge is -2.23. The summed E-state index contributed by atoms with van der Waals surface area (Å²) in [6.07, 6.45) is 4.81. The number of aromatic hydroxyl groups is 1. The van der Waals surface area contributed by atoms with E-state index in [9.17, 15) is 9.90 Å². The van der Waals surface area contributed by atoms with Gasteiger partial charge in [-0.1, -0.05) is 12.1 Å². The Morgan fingerprint density at radius 1 is 1.32 bits per heavy atom. The van der Waals surface area contributed by atoms with Gasteiger partial charge in [-0.25, -0.2) is 0 Å². The predicted molar refractivity (Wildman–Crippen MR) is 99.1 cm³/mol. The minimum atomic E-state index is -0.0255. The van der Waals surface area contributed by atoms with Crippen LogP contribution >= 0.6 is 12.4 Å². The molecule has 1 unspecified atom stereocenters. The van der Waals surface area contributed by atoms with E-state index in [1.807, 2.05) is 22.9 Å². The smallest absolute Gasteiger partial charge is 0.241 e. The lowest BCUT2D eigenvalue weighted by atomic mass is 9.96. The number of aromatic nitrogens is 2. The Balaban J connectivity index is 0.00000225. The standard InChI is InChI=1S/C18H24N4O2.ClH/c23-16-5-3-14(4-6-16)7-10-20-18(24)13-22-17(8-11-21-22)15-2-1-9-19-12-15;/h3-6,8,11,15,19,23H,1-2,7,9-10,12-13H2,(H,20,24);1H. The highest BCUT2D eigenvalue weighted by Crippen LogP contribution is 2.22. The number of carbonyl (C=O) groups excluding carboxylic acids is 1. The van der Waals surface area contributed by atoms with E-state index >= 15 is 0 Å². The lowest BCUT2D eigenvalue weighted by Crippen LogP contribution is -2.33. The van der Waals surface area contributed by atoms with E-state index in [4.69, 9.17) is 0 Å². The van der Waals surface area contributed by atoms with Crippen LogP contribution in [0.3, 0.4) is 0 Å². The van der Waals surface area contributed by atoms with Gasteiger partial charge < -0.3 is 15.7 Å². The molecule has 3 N–H and O–H groups in total. The summed E-state index contributed by atoms with van der Waals surface area (Å²) in [4.78, 5) is 12.2. The van der Waals surface area contributed by atoms with Crippen LogP contribution in [-0.4, -0.2) is 40.4 Å². The van der Waals surface area contributed by atoms with Crippen LogP contribution in [0.5, 0.6) is 5.75 Å². The predicted octanol–water partition coefficient (Wildman–Crippen LogP) is 1.84. The molecule has 3 rings (SSSR count). The highest BCUT2D eigenvalue weighted by atomic mass is 35.5. The van der Waals surface area contributed by atoms with Crippen LogP contribution in [0.2, 0.25) is 0 Å². The second-order valence-electron chi connectivity index (χ2n) is 6.22.